The van der Waals surface area contributed by atoms with Gasteiger partial charge in [-0.25, -0.2) is 4.79 Å². The first kappa shape index (κ1) is 18.7. The Kier molecular flexibility index (Phi) is 6.34. The van der Waals surface area contributed by atoms with E-state index in [4.69, 9.17) is 0 Å². The fourth-order valence-corrected chi connectivity index (χ4v) is 2.80. The lowest BCUT2D eigenvalue weighted by Gasteiger charge is -2.26. The van der Waals surface area contributed by atoms with Crippen molar-refractivity contribution in [2.75, 3.05) is 0 Å². The lowest BCUT2D eigenvalue weighted by molar-refractivity contribution is -0.122. The number of carboxylic acid groups (broad SMARTS) is 1. The van der Waals surface area contributed by atoms with Crippen molar-refractivity contribution in [2.24, 2.45) is 0 Å². The first-order valence-corrected chi connectivity index (χ1v) is 8.53. The summed E-state index contributed by atoms with van der Waals surface area (Å²) in [6.07, 6.45) is 2.44. The van der Waals surface area contributed by atoms with Crippen molar-refractivity contribution in [2.45, 2.75) is 45.1 Å². The monoisotopic (exact) mass is 339 g/mol. The summed E-state index contributed by atoms with van der Waals surface area (Å²) in [5.41, 5.74) is 1.89. The predicted molar refractivity (Wildman–Crippen MR) is 98.7 cm³/mol. The zero-order valence-corrected chi connectivity index (χ0v) is 14.8. The van der Waals surface area contributed by atoms with Crippen molar-refractivity contribution in [1.82, 2.24) is 5.32 Å². The van der Waals surface area contributed by atoms with Gasteiger partial charge >= 0.3 is 5.97 Å². The number of aryl methyl sites for hydroxylation is 2. The van der Waals surface area contributed by atoms with Crippen LogP contribution in [0.25, 0.3) is 0 Å². The first-order valence-electron chi connectivity index (χ1n) is 8.53. The summed E-state index contributed by atoms with van der Waals surface area (Å²) in [6.45, 7) is 4.03. The number of carboxylic acids is 1. The van der Waals surface area contributed by atoms with Gasteiger partial charge in [0.25, 0.3) is 0 Å². The van der Waals surface area contributed by atoms with Crippen LogP contribution < -0.4 is 5.32 Å². The molecule has 0 unspecified atom stereocenters. The normalized spacial score (nSPS) is 11.1. The van der Waals surface area contributed by atoms with E-state index in [2.05, 4.69) is 17.4 Å². The van der Waals surface area contributed by atoms with Crippen LogP contribution in [-0.4, -0.2) is 22.5 Å². The van der Waals surface area contributed by atoms with Gasteiger partial charge in [-0.1, -0.05) is 48.5 Å². The van der Waals surface area contributed by atoms with Crippen LogP contribution in [-0.2, 0) is 17.6 Å². The van der Waals surface area contributed by atoms with Crippen LogP contribution >= 0.6 is 0 Å². The Morgan fingerprint density at radius 3 is 2.28 bits per heavy atom. The molecule has 2 rings (SSSR count). The largest absolute Gasteiger partial charge is 0.478 e. The number of benzene rings is 2. The molecule has 0 bridgehead atoms. The molecule has 0 radical (unpaired) electrons. The second-order valence-corrected chi connectivity index (χ2v) is 6.88. The van der Waals surface area contributed by atoms with Gasteiger partial charge < -0.3 is 10.4 Å². The van der Waals surface area contributed by atoms with Crippen molar-refractivity contribution in [1.29, 1.82) is 0 Å². The molecule has 0 fully saturated rings. The highest BCUT2D eigenvalue weighted by Gasteiger charge is 2.20. The van der Waals surface area contributed by atoms with E-state index < -0.39 is 5.97 Å². The second kappa shape index (κ2) is 8.47. The number of rotatable bonds is 8. The molecule has 0 aliphatic rings. The second-order valence-electron chi connectivity index (χ2n) is 6.88. The number of hydrogen-bond acceptors (Lipinski definition) is 2. The molecule has 0 saturated heterocycles. The zero-order chi connectivity index (χ0) is 18.3. The molecule has 1 amide bonds. The summed E-state index contributed by atoms with van der Waals surface area (Å²) in [5, 5.41) is 12.3. The molecule has 0 saturated carbocycles. The van der Waals surface area contributed by atoms with Gasteiger partial charge in [-0.2, -0.15) is 0 Å². The van der Waals surface area contributed by atoms with Crippen LogP contribution in [0, 0.1) is 0 Å². The van der Waals surface area contributed by atoms with Crippen LogP contribution in [0.4, 0.5) is 0 Å². The highest BCUT2D eigenvalue weighted by atomic mass is 16.4. The Morgan fingerprint density at radius 2 is 1.60 bits per heavy atom. The maximum Gasteiger partial charge on any atom is 0.335 e. The third kappa shape index (κ3) is 6.07. The molecule has 2 aromatic rings. The van der Waals surface area contributed by atoms with Crippen LogP contribution in [0.2, 0.25) is 0 Å². The summed E-state index contributed by atoms with van der Waals surface area (Å²) < 4.78 is 0. The van der Waals surface area contributed by atoms with E-state index in [1.165, 1.54) is 5.56 Å². The quantitative estimate of drug-likeness (QED) is 0.768. The smallest absolute Gasteiger partial charge is 0.335 e. The minimum Gasteiger partial charge on any atom is -0.478 e. The molecule has 0 spiro atoms. The predicted octanol–water partition coefficient (Wildman–Crippen LogP) is 3.85. The number of carbonyl (C=O) groups excluding carboxylic acids is 1. The van der Waals surface area contributed by atoms with Gasteiger partial charge in [-0.3, -0.25) is 4.79 Å². The molecule has 0 aliphatic heterocycles. The number of aromatic carboxylic acids is 1. The fraction of sp³-hybridized carbons (Fsp3) is 0.333. The summed E-state index contributed by atoms with van der Waals surface area (Å²) in [5.74, 6) is -1.02. The third-order valence-electron chi connectivity index (χ3n) is 4.23. The fourth-order valence-electron chi connectivity index (χ4n) is 2.80. The topological polar surface area (TPSA) is 66.4 Å². The lowest BCUT2D eigenvalue weighted by atomic mass is 9.94. The number of nitrogens with one attached hydrogen (secondary N) is 1. The van der Waals surface area contributed by atoms with Crippen molar-refractivity contribution in [3.8, 4) is 0 Å². The Hall–Kier alpha value is -2.62. The maximum atomic E-state index is 12.3. The molecule has 2 N–H and O–H groups in total. The lowest BCUT2D eigenvalue weighted by Crippen LogP contribution is -2.43. The summed E-state index contributed by atoms with van der Waals surface area (Å²) >= 11 is 0. The van der Waals surface area contributed by atoms with E-state index >= 15 is 0 Å². The summed E-state index contributed by atoms with van der Waals surface area (Å²) in [4.78, 5) is 23.5. The molecule has 0 aliphatic carbocycles. The van der Waals surface area contributed by atoms with Crippen molar-refractivity contribution in [3.63, 3.8) is 0 Å². The van der Waals surface area contributed by atoms with Gasteiger partial charge in [0.15, 0.2) is 0 Å². The molecule has 0 atom stereocenters. The Balaban J connectivity index is 1.86. The minimum atomic E-state index is -0.959. The van der Waals surface area contributed by atoms with Crippen molar-refractivity contribution in [3.05, 3.63) is 71.3 Å². The molecule has 25 heavy (non-hydrogen) atoms. The van der Waals surface area contributed by atoms with Crippen molar-refractivity contribution >= 4 is 11.9 Å². The summed E-state index contributed by atoms with van der Waals surface area (Å²) in [6, 6.07) is 17.0. The number of amides is 1. The van der Waals surface area contributed by atoms with Crippen LogP contribution in [0.15, 0.2) is 54.6 Å². The first-order chi connectivity index (χ1) is 11.9. The van der Waals surface area contributed by atoms with Crippen molar-refractivity contribution < 1.29 is 14.7 Å². The Labute approximate surface area is 148 Å². The third-order valence-corrected chi connectivity index (χ3v) is 4.23. The van der Waals surface area contributed by atoms with Gasteiger partial charge in [0.05, 0.1) is 5.56 Å². The van der Waals surface area contributed by atoms with Crippen LogP contribution in [0.3, 0.4) is 0 Å². The van der Waals surface area contributed by atoms with Gasteiger partial charge in [-0.05, 0) is 50.3 Å². The number of carbonyl (C=O) groups is 2. The molecule has 0 aromatic heterocycles. The van der Waals surface area contributed by atoms with Gasteiger partial charge in [0.1, 0.15) is 0 Å². The minimum absolute atomic E-state index is 0.0572. The SMILES string of the molecule is CC(C)(CCc1ccccc1)NC(=O)CCc1ccccc1C(=O)O. The van der Waals surface area contributed by atoms with Gasteiger partial charge in [-0.15, -0.1) is 0 Å². The molecule has 2 aromatic carbocycles. The van der Waals surface area contributed by atoms with E-state index in [1.54, 1.807) is 24.3 Å². The van der Waals surface area contributed by atoms with Gasteiger partial charge in [0, 0.05) is 12.0 Å². The highest BCUT2D eigenvalue weighted by molar-refractivity contribution is 5.89. The maximum absolute atomic E-state index is 12.3. The molecule has 4 nitrogen and oxygen atoms in total. The average molecular weight is 339 g/mol. The highest BCUT2D eigenvalue weighted by Crippen LogP contribution is 2.15. The van der Waals surface area contributed by atoms with E-state index in [-0.39, 0.29) is 23.4 Å². The van der Waals surface area contributed by atoms with Crippen LogP contribution in [0.5, 0.6) is 0 Å². The molecular weight excluding hydrogens is 314 g/mol. The number of hydrogen-bond donors (Lipinski definition) is 2. The van der Waals surface area contributed by atoms with Crippen LogP contribution in [0.1, 0.15) is 48.2 Å². The summed E-state index contributed by atoms with van der Waals surface area (Å²) in [7, 11) is 0. The zero-order valence-electron chi connectivity index (χ0n) is 14.8. The molecule has 132 valence electrons. The molecular formula is C21H25NO3. The standard InChI is InChI=1S/C21H25NO3/c1-21(2,15-14-16-8-4-3-5-9-16)22-19(23)13-12-17-10-6-7-11-18(17)20(24)25/h3-11H,12-15H2,1-2H3,(H,22,23)(H,24,25). The van der Waals surface area contributed by atoms with E-state index in [0.29, 0.717) is 12.0 Å². The molecule has 4 heteroatoms. The average Bonchev–Trinajstić information content (AvgIpc) is 2.59. The van der Waals surface area contributed by atoms with Gasteiger partial charge in [0.2, 0.25) is 5.91 Å². The molecule has 0 heterocycles. The van der Waals surface area contributed by atoms with E-state index in [1.807, 2.05) is 32.0 Å². The Morgan fingerprint density at radius 1 is 0.960 bits per heavy atom. The van der Waals surface area contributed by atoms with E-state index in [0.717, 1.165) is 12.8 Å². The van der Waals surface area contributed by atoms with E-state index in [9.17, 15) is 14.7 Å². The Bertz CT molecular complexity index is 723.